The van der Waals surface area contributed by atoms with Gasteiger partial charge in [-0.3, -0.25) is 0 Å². The van der Waals surface area contributed by atoms with E-state index in [-0.39, 0.29) is 0 Å². The lowest BCUT2D eigenvalue weighted by Gasteiger charge is -2.38. The normalized spacial score (nSPS) is 20.1. The number of hydrogen-bond donors (Lipinski definition) is 2. The summed E-state index contributed by atoms with van der Waals surface area (Å²) in [6, 6.07) is 19.5. The first-order valence-electron chi connectivity index (χ1n) is 13.4. The molecule has 0 bridgehead atoms. The van der Waals surface area contributed by atoms with E-state index in [0.29, 0.717) is 30.4 Å². The van der Waals surface area contributed by atoms with Crippen molar-refractivity contribution in [2.45, 2.75) is 51.3 Å². The maximum absolute atomic E-state index is 6.45. The number of anilines is 1. The lowest BCUT2D eigenvalue weighted by atomic mass is 9.79. The van der Waals surface area contributed by atoms with Crippen LogP contribution in [0, 0.1) is 12.8 Å². The third-order valence-electron chi connectivity index (χ3n) is 7.92. The van der Waals surface area contributed by atoms with Gasteiger partial charge >= 0.3 is 0 Å². The topological polar surface area (TPSA) is 87.2 Å². The summed E-state index contributed by atoms with van der Waals surface area (Å²) in [5.41, 5.74) is 11.9. The summed E-state index contributed by atoms with van der Waals surface area (Å²) < 4.78 is 14.0. The molecule has 7 heteroatoms. The standard InChI is InChI=1S/C30H35N5O2/c1-20-27(23-8-5-9-26(16-23)37-18-21-6-3-2-4-7-21)28-29(31)33-19-34-30(28)35(20)25-14-22(15-25)17-32-24-10-12-36-13-11-24/h2-9,16,19,22,24-25,32H,10-15,17-18H2,1H3,(H2,31,33,34). The quantitative estimate of drug-likeness (QED) is 0.344. The van der Waals surface area contributed by atoms with Gasteiger partial charge in [-0.2, -0.15) is 0 Å². The second-order valence-electron chi connectivity index (χ2n) is 10.4. The van der Waals surface area contributed by atoms with Gasteiger partial charge in [-0.25, -0.2) is 9.97 Å². The van der Waals surface area contributed by atoms with Gasteiger partial charge in [-0.15, -0.1) is 0 Å². The predicted molar refractivity (Wildman–Crippen MR) is 146 cm³/mol. The van der Waals surface area contributed by atoms with Crippen molar-refractivity contribution in [2.24, 2.45) is 5.92 Å². The van der Waals surface area contributed by atoms with Crippen molar-refractivity contribution in [2.75, 3.05) is 25.5 Å². The van der Waals surface area contributed by atoms with Gasteiger partial charge in [0.05, 0.1) is 5.39 Å². The van der Waals surface area contributed by atoms with E-state index in [4.69, 9.17) is 20.2 Å². The Morgan fingerprint density at radius 2 is 1.86 bits per heavy atom. The molecule has 7 nitrogen and oxygen atoms in total. The largest absolute Gasteiger partial charge is 0.489 e. The maximum atomic E-state index is 6.45. The minimum atomic E-state index is 0.421. The van der Waals surface area contributed by atoms with Gasteiger partial charge in [0.25, 0.3) is 0 Å². The first-order valence-corrected chi connectivity index (χ1v) is 13.4. The number of hydrogen-bond acceptors (Lipinski definition) is 6. The minimum absolute atomic E-state index is 0.421. The molecule has 3 heterocycles. The van der Waals surface area contributed by atoms with E-state index in [1.165, 1.54) is 5.69 Å². The lowest BCUT2D eigenvalue weighted by molar-refractivity contribution is 0.0737. The zero-order valence-corrected chi connectivity index (χ0v) is 21.4. The van der Waals surface area contributed by atoms with E-state index in [9.17, 15) is 0 Å². The fourth-order valence-corrected chi connectivity index (χ4v) is 5.87. The molecule has 0 unspecified atom stereocenters. The van der Waals surface area contributed by atoms with Crippen molar-refractivity contribution in [1.82, 2.24) is 19.9 Å². The molecule has 1 aliphatic carbocycles. The molecule has 2 aromatic heterocycles. The van der Waals surface area contributed by atoms with Crippen molar-refractivity contribution < 1.29 is 9.47 Å². The Labute approximate surface area is 218 Å². The number of ether oxygens (including phenoxy) is 2. The van der Waals surface area contributed by atoms with Gasteiger partial charge in [0.15, 0.2) is 0 Å². The minimum Gasteiger partial charge on any atom is -0.489 e. The first-order chi connectivity index (χ1) is 18.2. The molecule has 1 aliphatic heterocycles. The van der Waals surface area contributed by atoms with Crippen LogP contribution >= 0.6 is 0 Å². The number of rotatable bonds is 8. The number of nitrogens with two attached hydrogens (primary N) is 1. The van der Waals surface area contributed by atoms with Gasteiger partial charge in [0.2, 0.25) is 0 Å². The van der Waals surface area contributed by atoms with E-state index in [1.807, 2.05) is 30.3 Å². The molecular formula is C30H35N5O2. The summed E-state index contributed by atoms with van der Waals surface area (Å²) in [7, 11) is 0. The molecule has 2 aliphatic rings. The van der Waals surface area contributed by atoms with Gasteiger partial charge in [0.1, 0.15) is 30.1 Å². The number of nitrogen functional groups attached to an aromatic ring is 1. The van der Waals surface area contributed by atoms with E-state index in [1.54, 1.807) is 6.33 Å². The first kappa shape index (κ1) is 23.9. The highest BCUT2D eigenvalue weighted by Crippen LogP contribution is 2.45. The van der Waals surface area contributed by atoms with Crippen LogP contribution in [0.15, 0.2) is 60.9 Å². The molecule has 1 saturated heterocycles. The summed E-state index contributed by atoms with van der Waals surface area (Å²) in [4.78, 5) is 9.05. The van der Waals surface area contributed by atoms with Crippen LogP contribution in [0.4, 0.5) is 5.82 Å². The fraction of sp³-hybridized carbons (Fsp3) is 0.400. The summed E-state index contributed by atoms with van der Waals surface area (Å²) in [5, 5.41) is 4.70. The van der Waals surface area contributed by atoms with Crippen molar-refractivity contribution >= 4 is 16.9 Å². The molecule has 4 aromatic rings. The van der Waals surface area contributed by atoms with Gasteiger partial charge in [-0.1, -0.05) is 42.5 Å². The van der Waals surface area contributed by atoms with Crippen LogP contribution in [-0.2, 0) is 11.3 Å². The number of benzene rings is 2. The molecule has 3 N–H and O–H groups in total. The zero-order valence-electron chi connectivity index (χ0n) is 21.4. The van der Waals surface area contributed by atoms with Crippen molar-refractivity contribution in [3.05, 3.63) is 72.2 Å². The fourth-order valence-electron chi connectivity index (χ4n) is 5.87. The van der Waals surface area contributed by atoms with Gasteiger partial charge in [0, 0.05) is 36.6 Å². The van der Waals surface area contributed by atoms with E-state index in [0.717, 1.165) is 78.9 Å². The summed E-state index contributed by atoms with van der Waals surface area (Å²) in [6.45, 7) is 5.54. The molecule has 0 spiro atoms. The molecule has 0 atom stereocenters. The van der Waals surface area contributed by atoms with Crippen LogP contribution in [0.25, 0.3) is 22.2 Å². The predicted octanol–water partition coefficient (Wildman–Crippen LogP) is 5.29. The summed E-state index contributed by atoms with van der Waals surface area (Å²) in [5.74, 6) is 2.04. The average Bonchev–Trinajstić information content (AvgIpc) is 3.21. The molecule has 0 amide bonds. The average molecular weight is 498 g/mol. The Bertz CT molecular complexity index is 1360. The van der Waals surface area contributed by atoms with E-state index < -0.39 is 0 Å². The molecule has 2 fully saturated rings. The monoisotopic (exact) mass is 497 g/mol. The highest BCUT2D eigenvalue weighted by atomic mass is 16.5. The maximum Gasteiger partial charge on any atom is 0.146 e. The highest BCUT2D eigenvalue weighted by molar-refractivity contribution is 6.02. The Kier molecular flexibility index (Phi) is 6.81. The molecule has 0 radical (unpaired) electrons. The summed E-state index contributed by atoms with van der Waals surface area (Å²) >= 11 is 0. The molecular weight excluding hydrogens is 462 g/mol. The van der Waals surface area contributed by atoms with Crippen LogP contribution in [0.5, 0.6) is 5.75 Å². The van der Waals surface area contributed by atoms with Gasteiger partial charge < -0.3 is 25.1 Å². The van der Waals surface area contributed by atoms with Gasteiger partial charge in [-0.05, 0) is 68.3 Å². The highest BCUT2D eigenvalue weighted by Gasteiger charge is 2.34. The third kappa shape index (κ3) is 4.93. The Morgan fingerprint density at radius 3 is 2.68 bits per heavy atom. The van der Waals surface area contributed by atoms with Crippen molar-refractivity contribution in [3.8, 4) is 16.9 Å². The second kappa shape index (κ2) is 10.5. The number of nitrogens with one attached hydrogen (secondary N) is 1. The SMILES string of the molecule is Cc1c(-c2cccc(OCc3ccccc3)c2)c2c(N)ncnc2n1C1CC(CNC2CCOCC2)C1. The molecule has 6 rings (SSSR count). The molecule has 2 aromatic carbocycles. The van der Waals surface area contributed by atoms with Crippen LogP contribution in [-0.4, -0.2) is 40.3 Å². The number of fused-ring (bicyclic) bond motifs is 1. The molecule has 192 valence electrons. The Hall–Kier alpha value is -3.42. The van der Waals surface area contributed by atoms with E-state index in [2.05, 4.69) is 46.1 Å². The van der Waals surface area contributed by atoms with Crippen LogP contribution in [0.1, 0.15) is 43.0 Å². The third-order valence-corrected chi connectivity index (χ3v) is 7.92. The van der Waals surface area contributed by atoms with Crippen LogP contribution < -0.4 is 15.8 Å². The second-order valence-corrected chi connectivity index (χ2v) is 10.4. The van der Waals surface area contributed by atoms with Crippen molar-refractivity contribution in [3.63, 3.8) is 0 Å². The Balaban J connectivity index is 1.23. The number of aromatic nitrogens is 3. The van der Waals surface area contributed by atoms with Crippen LogP contribution in [0.3, 0.4) is 0 Å². The smallest absolute Gasteiger partial charge is 0.146 e. The zero-order chi connectivity index (χ0) is 25.2. The lowest BCUT2D eigenvalue weighted by Crippen LogP contribution is -2.41. The molecule has 1 saturated carbocycles. The number of nitrogens with zero attached hydrogens (tertiary/aromatic N) is 3. The van der Waals surface area contributed by atoms with Crippen LogP contribution in [0.2, 0.25) is 0 Å². The van der Waals surface area contributed by atoms with E-state index >= 15 is 0 Å². The van der Waals surface area contributed by atoms with Crippen molar-refractivity contribution in [1.29, 1.82) is 0 Å². The molecule has 37 heavy (non-hydrogen) atoms. The Morgan fingerprint density at radius 1 is 1.05 bits per heavy atom. The summed E-state index contributed by atoms with van der Waals surface area (Å²) in [6.07, 6.45) is 6.10.